The Morgan fingerprint density at radius 2 is 2.00 bits per heavy atom. The van der Waals surface area contributed by atoms with Crippen molar-refractivity contribution >= 4 is 0 Å². The van der Waals surface area contributed by atoms with Crippen LogP contribution < -0.4 is 10.5 Å². The Labute approximate surface area is 90.9 Å². The molecular weight excluding hydrogens is 190 g/mol. The van der Waals surface area contributed by atoms with Crippen molar-refractivity contribution in [2.24, 2.45) is 5.73 Å². The van der Waals surface area contributed by atoms with Gasteiger partial charge in [-0.1, -0.05) is 6.07 Å². The fourth-order valence-corrected chi connectivity index (χ4v) is 1.62. The molecule has 3 N–H and O–H groups in total. The lowest BCUT2D eigenvalue weighted by molar-refractivity contribution is 0.267. The molecule has 1 aromatic carbocycles. The van der Waals surface area contributed by atoms with Crippen LogP contribution in [-0.2, 0) is 0 Å². The maximum absolute atomic E-state index is 9.02. The van der Waals surface area contributed by atoms with E-state index < -0.39 is 0 Å². The molecule has 0 aromatic heterocycles. The molecule has 0 spiro atoms. The van der Waals surface area contributed by atoms with Crippen LogP contribution in [0, 0.1) is 13.8 Å². The Bertz CT molecular complexity index is 337. The highest BCUT2D eigenvalue weighted by molar-refractivity contribution is 5.42. The Hall–Kier alpha value is -1.06. The molecule has 84 valence electrons. The van der Waals surface area contributed by atoms with E-state index in [9.17, 15) is 0 Å². The van der Waals surface area contributed by atoms with E-state index in [2.05, 4.69) is 0 Å². The van der Waals surface area contributed by atoms with Gasteiger partial charge < -0.3 is 15.6 Å². The summed E-state index contributed by atoms with van der Waals surface area (Å²) in [6.07, 6.45) is 0. The monoisotopic (exact) mass is 209 g/mol. The topological polar surface area (TPSA) is 55.5 Å². The molecule has 0 heterocycles. The zero-order valence-electron chi connectivity index (χ0n) is 9.58. The van der Waals surface area contributed by atoms with E-state index in [0.29, 0.717) is 6.61 Å². The summed E-state index contributed by atoms with van der Waals surface area (Å²) in [6.45, 7) is 6.55. The number of benzene rings is 1. The summed E-state index contributed by atoms with van der Waals surface area (Å²) in [6, 6.07) is 3.66. The molecule has 0 radical (unpaired) electrons. The first-order chi connectivity index (χ1) is 7.10. The predicted octanol–water partition coefficient (Wildman–Crippen LogP) is 1.69. The number of rotatable bonds is 4. The zero-order valence-corrected chi connectivity index (χ0v) is 9.58. The molecule has 0 saturated heterocycles. The number of aliphatic hydroxyl groups is 1. The molecular formula is C12H19NO2. The van der Waals surface area contributed by atoms with Crippen molar-refractivity contribution in [3.05, 3.63) is 28.8 Å². The first-order valence-electron chi connectivity index (χ1n) is 5.20. The molecule has 0 amide bonds. The standard InChI is InChI=1S/C12H19NO2/c1-4-15-12-6-8(2)10(5-9(12)3)11(13)7-14/h5-6,11,14H,4,7,13H2,1-3H3. The van der Waals surface area contributed by atoms with Gasteiger partial charge in [-0.05, 0) is 43.5 Å². The Balaban J connectivity index is 3.07. The van der Waals surface area contributed by atoms with Gasteiger partial charge in [-0.15, -0.1) is 0 Å². The molecule has 0 aliphatic heterocycles. The molecule has 1 rings (SSSR count). The maximum atomic E-state index is 9.02. The quantitative estimate of drug-likeness (QED) is 0.793. The van der Waals surface area contributed by atoms with E-state index in [1.807, 2.05) is 32.9 Å². The van der Waals surface area contributed by atoms with E-state index in [-0.39, 0.29) is 12.6 Å². The van der Waals surface area contributed by atoms with Crippen molar-refractivity contribution in [2.75, 3.05) is 13.2 Å². The number of hydrogen-bond donors (Lipinski definition) is 2. The van der Waals surface area contributed by atoms with Gasteiger partial charge in [-0.2, -0.15) is 0 Å². The minimum Gasteiger partial charge on any atom is -0.494 e. The molecule has 0 aliphatic rings. The molecule has 0 aliphatic carbocycles. The smallest absolute Gasteiger partial charge is 0.122 e. The van der Waals surface area contributed by atoms with Crippen LogP contribution in [0.5, 0.6) is 5.75 Å². The summed E-state index contributed by atoms with van der Waals surface area (Å²) in [5.74, 6) is 0.892. The van der Waals surface area contributed by atoms with Gasteiger partial charge in [0.05, 0.1) is 19.3 Å². The Kier molecular flexibility index (Phi) is 4.12. The Morgan fingerprint density at radius 3 is 2.53 bits per heavy atom. The molecule has 1 unspecified atom stereocenters. The molecule has 0 bridgehead atoms. The van der Waals surface area contributed by atoms with Crippen LogP contribution in [0.25, 0.3) is 0 Å². The van der Waals surface area contributed by atoms with Crippen LogP contribution in [0.1, 0.15) is 29.7 Å². The minimum atomic E-state index is -0.306. The van der Waals surface area contributed by atoms with Gasteiger partial charge in [0.2, 0.25) is 0 Å². The molecule has 3 heteroatoms. The molecule has 0 saturated carbocycles. The van der Waals surface area contributed by atoms with Crippen molar-refractivity contribution in [3.8, 4) is 5.75 Å². The normalized spacial score (nSPS) is 12.6. The van der Waals surface area contributed by atoms with E-state index in [1.165, 1.54) is 0 Å². The molecule has 15 heavy (non-hydrogen) atoms. The molecule has 1 aromatic rings. The van der Waals surface area contributed by atoms with Gasteiger partial charge in [0, 0.05) is 0 Å². The number of aryl methyl sites for hydroxylation is 2. The van der Waals surface area contributed by atoms with Crippen LogP contribution >= 0.6 is 0 Å². The van der Waals surface area contributed by atoms with E-state index in [0.717, 1.165) is 22.4 Å². The van der Waals surface area contributed by atoms with Crippen molar-refractivity contribution in [3.63, 3.8) is 0 Å². The highest BCUT2D eigenvalue weighted by Crippen LogP contribution is 2.25. The number of aliphatic hydroxyl groups excluding tert-OH is 1. The average molecular weight is 209 g/mol. The van der Waals surface area contributed by atoms with Gasteiger partial charge in [0.15, 0.2) is 0 Å². The Morgan fingerprint density at radius 1 is 1.33 bits per heavy atom. The first-order valence-corrected chi connectivity index (χ1v) is 5.20. The van der Waals surface area contributed by atoms with E-state index in [1.54, 1.807) is 0 Å². The highest BCUT2D eigenvalue weighted by atomic mass is 16.5. The number of ether oxygens (including phenoxy) is 1. The largest absolute Gasteiger partial charge is 0.494 e. The van der Waals surface area contributed by atoms with Crippen molar-refractivity contribution < 1.29 is 9.84 Å². The molecule has 3 nitrogen and oxygen atoms in total. The number of hydrogen-bond acceptors (Lipinski definition) is 3. The van der Waals surface area contributed by atoms with Crippen LogP contribution in [-0.4, -0.2) is 18.3 Å². The lowest BCUT2D eigenvalue weighted by Gasteiger charge is -2.16. The minimum absolute atomic E-state index is 0.0335. The third-order valence-corrected chi connectivity index (χ3v) is 2.46. The van der Waals surface area contributed by atoms with Crippen molar-refractivity contribution in [1.82, 2.24) is 0 Å². The van der Waals surface area contributed by atoms with Crippen molar-refractivity contribution in [2.45, 2.75) is 26.8 Å². The van der Waals surface area contributed by atoms with Gasteiger partial charge >= 0.3 is 0 Å². The van der Waals surface area contributed by atoms with E-state index in [4.69, 9.17) is 15.6 Å². The van der Waals surface area contributed by atoms with Crippen LogP contribution in [0.3, 0.4) is 0 Å². The summed E-state index contributed by atoms with van der Waals surface area (Å²) in [4.78, 5) is 0. The lowest BCUT2D eigenvalue weighted by Crippen LogP contribution is -2.16. The van der Waals surface area contributed by atoms with Crippen LogP contribution in [0.2, 0.25) is 0 Å². The second-order valence-electron chi connectivity index (χ2n) is 3.70. The fraction of sp³-hybridized carbons (Fsp3) is 0.500. The van der Waals surface area contributed by atoms with Crippen LogP contribution in [0.15, 0.2) is 12.1 Å². The summed E-state index contributed by atoms with van der Waals surface area (Å²) in [5, 5.41) is 9.02. The third kappa shape index (κ3) is 2.70. The van der Waals surface area contributed by atoms with E-state index >= 15 is 0 Å². The van der Waals surface area contributed by atoms with Crippen molar-refractivity contribution in [1.29, 1.82) is 0 Å². The number of nitrogens with two attached hydrogens (primary N) is 1. The summed E-state index contributed by atoms with van der Waals surface area (Å²) in [7, 11) is 0. The average Bonchev–Trinajstić information content (AvgIpc) is 2.22. The second-order valence-corrected chi connectivity index (χ2v) is 3.70. The third-order valence-electron chi connectivity index (χ3n) is 2.46. The van der Waals surface area contributed by atoms with Gasteiger partial charge in [0.1, 0.15) is 5.75 Å². The molecule has 0 fully saturated rings. The van der Waals surface area contributed by atoms with Crippen LogP contribution in [0.4, 0.5) is 0 Å². The highest BCUT2D eigenvalue weighted by Gasteiger charge is 2.10. The molecule has 1 atom stereocenters. The lowest BCUT2D eigenvalue weighted by atomic mass is 9.99. The van der Waals surface area contributed by atoms with Gasteiger partial charge in [0.25, 0.3) is 0 Å². The fourth-order valence-electron chi connectivity index (χ4n) is 1.62. The second kappa shape index (κ2) is 5.14. The summed E-state index contributed by atoms with van der Waals surface area (Å²) in [5.41, 5.74) is 8.90. The zero-order chi connectivity index (χ0) is 11.4. The maximum Gasteiger partial charge on any atom is 0.122 e. The predicted molar refractivity (Wildman–Crippen MR) is 61.1 cm³/mol. The van der Waals surface area contributed by atoms with Gasteiger partial charge in [-0.3, -0.25) is 0 Å². The summed E-state index contributed by atoms with van der Waals surface area (Å²) < 4.78 is 5.48. The SMILES string of the molecule is CCOc1cc(C)c(C(N)CO)cc1C. The first kappa shape index (κ1) is 12.0. The summed E-state index contributed by atoms with van der Waals surface area (Å²) >= 11 is 0. The van der Waals surface area contributed by atoms with Gasteiger partial charge in [-0.25, -0.2) is 0 Å².